The lowest BCUT2D eigenvalue weighted by Crippen LogP contribution is -2.17. The number of carbonyl (C=O) groups excluding carboxylic acids is 1. The third-order valence-corrected chi connectivity index (χ3v) is 2.98. The summed E-state index contributed by atoms with van der Waals surface area (Å²) in [6.07, 6.45) is 4.03. The van der Waals surface area contributed by atoms with Crippen molar-refractivity contribution in [3.63, 3.8) is 0 Å². The van der Waals surface area contributed by atoms with E-state index in [-0.39, 0.29) is 5.91 Å². The summed E-state index contributed by atoms with van der Waals surface area (Å²) in [7, 11) is 3.28. The van der Waals surface area contributed by atoms with Crippen molar-refractivity contribution in [1.82, 2.24) is 5.32 Å². The fraction of sp³-hybridized carbons (Fsp3) is 0.118. The Morgan fingerprint density at radius 3 is 1.90 bits per heavy atom. The average Bonchev–Trinajstić information content (AvgIpc) is 2.53. The number of benzene rings is 2. The van der Waals surface area contributed by atoms with Gasteiger partial charge in [0.1, 0.15) is 5.75 Å². The van der Waals surface area contributed by atoms with Crippen molar-refractivity contribution in [1.29, 1.82) is 0 Å². The van der Waals surface area contributed by atoms with Crippen LogP contribution in [0.4, 0.5) is 0 Å². The number of rotatable bonds is 4. The largest absolute Gasteiger partial charge is 0.497 e. The predicted molar refractivity (Wildman–Crippen MR) is 81.8 cm³/mol. The topological polar surface area (TPSA) is 38.3 Å². The number of amides is 1. The highest BCUT2D eigenvalue weighted by atomic mass is 16.5. The van der Waals surface area contributed by atoms with Crippen LogP contribution < -0.4 is 10.1 Å². The number of hydrogen-bond donors (Lipinski definition) is 1. The van der Waals surface area contributed by atoms with E-state index in [1.54, 1.807) is 14.2 Å². The van der Waals surface area contributed by atoms with Gasteiger partial charge >= 0.3 is 0 Å². The van der Waals surface area contributed by atoms with Crippen molar-refractivity contribution in [2.45, 2.75) is 0 Å². The number of ether oxygens (including phenoxy) is 1. The Bertz CT molecular complexity index is 598. The van der Waals surface area contributed by atoms with E-state index in [0.29, 0.717) is 5.56 Å². The molecule has 2 aromatic rings. The van der Waals surface area contributed by atoms with E-state index in [1.165, 1.54) is 0 Å². The van der Waals surface area contributed by atoms with Crippen LogP contribution in [0, 0.1) is 0 Å². The first-order chi connectivity index (χ1) is 9.72. The van der Waals surface area contributed by atoms with Crippen LogP contribution in [0.1, 0.15) is 21.5 Å². The standard InChI is InChI=1S/C17H17NO2/c1-18-17(19)15-9-5-13(6-10-15)3-4-14-7-11-16(20-2)12-8-14/h3-12H,1-2H3,(H,18,19)/b4-3+. The summed E-state index contributed by atoms with van der Waals surface area (Å²) in [6.45, 7) is 0. The molecule has 0 bridgehead atoms. The van der Waals surface area contributed by atoms with Gasteiger partial charge in [-0.05, 0) is 35.4 Å². The lowest BCUT2D eigenvalue weighted by Gasteiger charge is -2.01. The Kier molecular flexibility index (Phi) is 4.56. The van der Waals surface area contributed by atoms with Crippen molar-refractivity contribution in [2.24, 2.45) is 0 Å². The van der Waals surface area contributed by atoms with Crippen LogP contribution >= 0.6 is 0 Å². The third kappa shape index (κ3) is 3.48. The van der Waals surface area contributed by atoms with Crippen LogP contribution in [0.5, 0.6) is 5.75 Å². The van der Waals surface area contributed by atoms with E-state index in [1.807, 2.05) is 60.7 Å². The quantitative estimate of drug-likeness (QED) is 0.864. The van der Waals surface area contributed by atoms with E-state index in [0.717, 1.165) is 16.9 Å². The minimum Gasteiger partial charge on any atom is -0.497 e. The lowest BCUT2D eigenvalue weighted by atomic mass is 10.1. The maximum atomic E-state index is 11.4. The van der Waals surface area contributed by atoms with Gasteiger partial charge in [0.15, 0.2) is 0 Å². The third-order valence-electron chi connectivity index (χ3n) is 2.98. The zero-order valence-corrected chi connectivity index (χ0v) is 11.6. The molecule has 0 saturated heterocycles. The van der Waals surface area contributed by atoms with Gasteiger partial charge < -0.3 is 10.1 Å². The van der Waals surface area contributed by atoms with Crippen molar-refractivity contribution in [3.8, 4) is 5.75 Å². The summed E-state index contributed by atoms with van der Waals surface area (Å²) in [5, 5.41) is 2.60. The molecule has 1 amide bonds. The molecule has 0 fully saturated rings. The molecular formula is C17H17NO2. The summed E-state index contributed by atoms with van der Waals surface area (Å²) in [4.78, 5) is 11.4. The Morgan fingerprint density at radius 1 is 0.950 bits per heavy atom. The first kappa shape index (κ1) is 13.9. The summed E-state index contributed by atoms with van der Waals surface area (Å²) in [5.41, 5.74) is 2.81. The summed E-state index contributed by atoms with van der Waals surface area (Å²) < 4.78 is 5.12. The molecule has 0 radical (unpaired) electrons. The maximum absolute atomic E-state index is 11.4. The van der Waals surface area contributed by atoms with Gasteiger partial charge in [-0.25, -0.2) is 0 Å². The molecule has 102 valence electrons. The maximum Gasteiger partial charge on any atom is 0.251 e. The van der Waals surface area contributed by atoms with Gasteiger partial charge in [-0.3, -0.25) is 4.79 Å². The molecule has 2 aromatic carbocycles. The van der Waals surface area contributed by atoms with E-state index in [4.69, 9.17) is 4.74 Å². The second-order valence-electron chi connectivity index (χ2n) is 4.31. The highest BCUT2D eigenvalue weighted by molar-refractivity contribution is 5.94. The van der Waals surface area contributed by atoms with Gasteiger partial charge in [-0.2, -0.15) is 0 Å². The highest BCUT2D eigenvalue weighted by Gasteiger charge is 2.00. The smallest absolute Gasteiger partial charge is 0.251 e. The number of methoxy groups -OCH3 is 1. The molecule has 0 heterocycles. The van der Waals surface area contributed by atoms with Crippen molar-refractivity contribution >= 4 is 18.1 Å². The first-order valence-electron chi connectivity index (χ1n) is 6.37. The Balaban J connectivity index is 2.08. The van der Waals surface area contributed by atoms with Gasteiger partial charge in [0.25, 0.3) is 5.91 Å². The van der Waals surface area contributed by atoms with E-state index in [2.05, 4.69) is 5.32 Å². The van der Waals surface area contributed by atoms with Crippen molar-refractivity contribution in [2.75, 3.05) is 14.2 Å². The van der Waals surface area contributed by atoms with Crippen LogP contribution in [-0.2, 0) is 0 Å². The Labute approximate surface area is 118 Å². The second kappa shape index (κ2) is 6.57. The van der Waals surface area contributed by atoms with Crippen LogP contribution in [-0.4, -0.2) is 20.1 Å². The predicted octanol–water partition coefficient (Wildman–Crippen LogP) is 3.23. The summed E-state index contributed by atoms with van der Waals surface area (Å²) >= 11 is 0. The molecular weight excluding hydrogens is 250 g/mol. The van der Waals surface area contributed by atoms with E-state index < -0.39 is 0 Å². The fourth-order valence-corrected chi connectivity index (χ4v) is 1.80. The van der Waals surface area contributed by atoms with E-state index >= 15 is 0 Å². The molecule has 0 aliphatic carbocycles. The van der Waals surface area contributed by atoms with Gasteiger partial charge in [-0.15, -0.1) is 0 Å². The molecule has 3 heteroatoms. The number of hydrogen-bond acceptors (Lipinski definition) is 2. The molecule has 0 atom stereocenters. The molecule has 0 unspecified atom stereocenters. The fourth-order valence-electron chi connectivity index (χ4n) is 1.80. The molecule has 0 spiro atoms. The van der Waals surface area contributed by atoms with Crippen LogP contribution in [0.25, 0.3) is 12.2 Å². The zero-order valence-electron chi connectivity index (χ0n) is 11.6. The van der Waals surface area contributed by atoms with Gasteiger partial charge in [0, 0.05) is 12.6 Å². The SMILES string of the molecule is CNC(=O)c1ccc(/C=C/c2ccc(OC)cc2)cc1. The monoisotopic (exact) mass is 267 g/mol. The second-order valence-corrected chi connectivity index (χ2v) is 4.31. The van der Waals surface area contributed by atoms with Gasteiger partial charge in [-0.1, -0.05) is 36.4 Å². The normalized spacial score (nSPS) is 10.5. The molecule has 0 saturated carbocycles. The Morgan fingerprint density at radius 2 is 1.45 bits per heavy atom. The minimum atomic E-state index is -0.0734. The summed E-state index contributed by atoms with van der Waals surface area (Å²) in [5.74, 6) is 0.771. The van der Waals surface area contributed by atoms with Crippen LogP contribution in [0.15, 0.2) is 48.5 Å². The van der Waals surface area contributed by atoms with E-state index in [9.17, 15) is 4.79 Å². The molecule has 0 aliphatic heterocycles. The minimum absolute atomic E-state index is 0.0734. The lowest BCUT2D eigenvalue weighted by molar-refractivity contribution is 0.0963. The van der Waals surface area contributed by atoms with Gasteiger partial charge in [0.05, 0.1) is 7.11 Å². The van der Waals surface area contributed by atoms with Crippen LogP contribution in [0.3, 0.4) is 0 Å². The van der Waals surface area contributed by atoms with Crippen molar-refractivity contribution < 1.29 is 9.53 Å². The first-order valence-corrected chi connectivity index (χ1v) is 6.37. The zero-order chi connectivity index (χ0) is 14.4. The van der Waals surface area contributed by atoms with Crippen LogP contribution in [0.2, 0.25) is 0 Å². The highest BCUT2D eigenvalue weighted by Crippen LogP contribution is 2.14. The Hall–Kier alpha value is -2.55. The summed E-state index contributed by atoms with van der Waals surface area (Å²) in [6, 6.07) is 15.3. The average molecular weight is 267 g/mol. The molecule has 3 nitrogen and oxygen atoms in total. The molecule has 0 aromatic heterocycles. The number of nitrogens with one attached hydrogen (secondary N) is 1. The van der Waals surface area contributed by atoms with Gasteiger partial charge in [0.2, 0.25) is 0 Å². The molecule has 0 aliphatic rings. The molecule has 20 heavy (non-hydrogen) atoms. The number of carbonyl (C=O) groups is 1. The molecule has 2 rings (SSSR count). The molecule has 1 N–H and O–H groups in total. The van der Waals surface area contributed by atoms with Crippen molar-refractivity contribution in [3.05, 3.63) is 65.2 Å².